The molecule has 1 aliphatic carbocycles. The molecule has 2 nitrogen and oxygen atoms in total. The molecule has 98 valence electrons. The second kappa shape index (κ2) is 6.58. The molecule has 0 radical (unpaired) electrons. The summed E-state index contributed by atoms with van der Waals surface area (Å²) in [6.07, 6.45) is 9.76. The molecule has 0 saturated heterocycles. The summed E-state index contributed by atoms with van der Waals surface area (Å²) in [6.45, 7) is 2.25. The van der Waals surface area contributed by atoms with Gasteiger partial charge in [0, 0.05) is 5.56 Å². The standard InChI is InChI=1S/C16H23NO/c1-2-3-4-5-6-7-13-8-10-15-14(12-13)9-11-16(15)17-18/h8,10,12,18H,2-7,9,11H2,1H3/b17-16+. The van der Waals surface area contributed by atoms with Crippen LogP contribution >= 0.6 is 0 Å². The van der Waals surface area contributed by atoms with E-state index in [1.807, 2.05) is 0 Å². The summed E-state index contributed by atoms with van der Waals surface area (Å²) in [7, 11) is 0. The molecule has 0 atom stereocenters. The van der Waals surface area contributed by atoms with Gasteiger partial charge in [0.05, 0.1) is 5.71 Å². The molecule has 0 bridgehead atoms. The first kappa shape index (κ1) is 13.1. The van der Waals surface area contributed by atoms with Crippen LogP contribution in [0.2, 0.25) is 0 Å². The van der Waals surface area contributed by atoms with Crippen molar-refractivity contribution in [2.45, 2.75) is 58.3 Å². The molecular formula is C16H23NO. The number of rotatable bonds is 6. The van der Waals surface area contributed by atoms with Crippen molar-refractivity contribution < 1.29 is 5.21 Å². The van der Waals surface area contributed by atoms with Gasteiger partial charge in [-0.1, -0.05) is 56.0 Å². The third-order valence-corrected chi connectivity index (χ3v) is 3.80. The van der Waals surface area contributed by atoms with E-state index in [1.165, 1.54) is 49.7 Å². The molecule has 18 heavy (non-hydrogen) atoms. The lowest BCUT2D eigenvalue weighted by molar-refractivity contribution is 0.318. The van der Waals surface area contributed by atoms with Crippen LogP contribution in [0.4, 0.5) is 0 Å². The van der Waals surface area contributed by atoms with Crippen molar-refractivity contribution in [3.8, 4) is 0 Å². The van der Waals surface area contributed by atoms with E-state index in [0.29, 0.717) is 0 Å². The fourth-order valence-electron chi connectivity index (χ4n) is 2.72. The van der Waals surface area contributed by atoms with E-state index in [1.54, 1.807) is 0 Å². The molecule has 0 aromatic heterocycles. The van der Waals surface area contributed by atoms with Gasteiger partial charge in [0.1, 0.15) is 0 Å². The molecule has 0 aliphatic heterocycles. The Balaban J connectivity index is 1.88. The molecule has 1 aromatic rings. The minimum atomic E-state index is 0.847. The van der Waals surface area contributed by atoms with Gasteiger partial charge in [-0.3, -0.25) is 0 Å². The van der Waals surface area contributed by atoms with Crippen LogP contribution in [0.1, 0.15) is 62.1 Å². The van der Waals surface area contributed by atoms with Crippen molar-refractivity contribution >= 4 is 5.71 Å². The Morgan fingerprint density at radius 3 is 2.72 bits per heavy atom. The fourth-order valence-corrected chi connectivity index (χ4v) is 2.72. The number of benzene rings is 1. The molecule has 0 unspecified atom stereocenters. The smallest absolute Gasteiger partial charge is 0.0873 e. The first-order valence-electron chi connectivity index (χ1n) is 7.18. The average Bonchev–Trinajstić information content (AvgIpc) is 2.80. The first-order chi connectivity index (χ1) is 8.85. The minimum Gasteiger partial charge on any atom is -0.411 e. The number of fused-ring (bicyclic) bond motifs is 1. The van der Waals surface area contributed by atoms with E-state index in [0.717, 1.165) is 24.1 Å². The first-order valence-corrected chi connectivity index (χ1v) is 7.18. The zero-order chi connectivity index (χ0) is 12.8. The molecule has 2 rings (SSSR count). The van der Waals surface area contributed by atoms with E-state index in [-0.39, 0.29) is 0 Å². The van der Waals surface area contributed by atoms with E-state index in [2.05, 4.69) is 30.3 Å². The zero-order valence-corrected chi connectivity index (χ0v) is 11.3. The van der Waals surface area contributed by atoms with E-state index in [9.17, 15) is 0 Å². The molecule has 0 fully saturated rings. The molecule has 1 aliphatic rings. The normalized spacial score (nSPS) is 16.2. The van der Waals surface area contributed by atoms with Crippen molar-refractivity contribution in [1.82, 2.24) is 0 Å². The van der Waals surface area contributed by atoms with Crippen molar-refractivity contribution in [2.24, 2.45) is 5.16 Å². The van der Waals surface area contributed by atoms with Crippen LogP contribution in [0.3, 0.4) is 0 Å². The van der Waals surface area contributed by atoms with E-state index in [4.69, 9.17) is 5.21 Å². The minimum absolute atomic E-state index is 0.847. The largest absolute Gasteiger partial charge is 0.411 e. The lowest BCUT2D eigenvalue weighted by Crippen LogP contribution is -1.95. The summed E-state index contributed by atoms with van der Waals surface area (Å²) in [5.74, 6) is 0. The van der Waals surface area contributed by atoms with Gasteiger partial charge < -0.3 is 5.21 Å². The van der Waals surface area contributed by atoms with E-state index >= 15 is 0 Å². The third kappa shape index (κ3) is 3.12. The van der Waals surface area contributed by atoms with E-state index < -0.39 is 0 Å². The average molecular weight is 245 g/mol. The molecule has 0 heterocycles. The Morgan fingerprint density at radius 2 is 1.94 bits per heavy atom. The maximum absolute atomic E-state index is 8.89. The maximum atomic E-state index is 8.89. The zero-order valence-electron chi connectivity index (χ0n) is 11.3. The van der Waals surface area contributed by atoms with Crippen LogP contribution in [0.25, 0.3) is 0 Å². The highest BCUT2D eigenvalue weighted by molar-refractivity contribution is 6.04. The predicted octanol–water partition coefficient (Wildman–Crippen LogP) is 4.32. The van der Waals surface area contributed by atoms with Crippen molar-refractivity contribution in [3.63, 3.8) is 0 Å². The number of oxime groups is 1. The van der Waals surface area contributed by atoms with Crippen LogP contribution in [0.5, 0.6) is 0 Å². The highest BCUT2D eigenvalue weighted by atomic mass is 16.4. The molecule has 0 spiro atoms. The van der Waals surface area contributed by atoms with Gasteiger partial charge in [0.25, 0.3) is 0 Å². The highest BCUT2D eigenvalue weighted by Gasteiger charge is 2.17. The number of aryl methyl sites for hydroxylation is 2. The number of hydrogen-bond acceptors (Lipinski definition) is 2. The summed E-state index contributed by atoms with van der Waals surface area (Å²) >= 11 is 0. The quantitative estimate of drug-likeness (QED) is 0.452. The van der Waals surface area contributed by atoms with Gasteiger partial charge in [0.2, 0.25) is 0 Å². The molecular weight excluding hydrogens is 222 g/mol. The van der Waals surface area contributed by atoms with Gasteiger partial charge in [-0.15, -0.1) is 0 Å². The van der Waals surface area contributed by atoms with Crippen LogP contribution in [-0.4, -0.2) is 10.9 Å². The van der Waals surface area contributed by atoms with Crippen LogP contribution in [0, 0.1) is 0 Å². The maximum Gasteiger partial charge on any atom is 0.0873 e. The van der Waals surface area contributed by atoms with Crippen molar-refractivity contribution in [1.29, 1.82) is 0 Å². The number of nitrogens with zero attached hydrogens (tertiary/aromatic N) is 1. The van der Waals surface area contributed by atoms with Crippen molar-refractivity contribution in [3.05, 3.63) is 34.9 Å². The SMILES string of the molecule is CCCCCCCc1ccc2c(c1)CC/C2=N\O. The van der Waals surface area contributed by atoms with Crippen LogP contribution < -0.4 is 0 Å². The van der Waals surface area contributed by atoms with Gasteiger partial charge in [-0.25, -0.2) is 0 Å². The Hall–Kier alpha value is -1.31. The summed E-state index contributed by atoms with van der Waals surface area (Å²) < 4.78 is 0. The second-order valence-electron chi connectivity index (χ2n) is 5.20. The van der Waals surface area contributed by atoms with Gasteiger partial charge in [-0.2, -0.15) is 0 Å². The third-order valence-electron chi connectivity index (χ3n) is 3.80. The monoisotopic (exact) mass is 245 g/mol. The molecule has 0 saturated carbocycles. The summed E-state index contributed by atoms with van der Waals surface area (Å²) in [5, 5.41) is 12.3. The molecule has 1 aromatic carbocycles. The molecule has 0 amide bonds. The lowest BCUT2D eigenvalue weighted by atomic mass is 10.0. The molecule has 2 heteroatoms. The Kier molecular flexibility index (Phi) is 4.80. The summed E-state index contributed by atoms with van der Waals surface area (Å²) in [4.78, 5) is 0. The fraction of sp³-hybridized carbons (Fsp3) is 0.562. The van der Waals surface area contributed by atoms with Crippen LogP contribution in [-0.2, 0) is 12.8 Å². The van der Waals surface area contributed by atoms with Gasteiger partial charge >= 0.3 is 0 Å². The summed E-state index contributed by atoms with van der Waals surface area (Å²) in [6, 6.07) is 6.61. The van der Waals surface area contributed by atoms with Crippen LogP contribution in [0.15, 0.2) is 23.4 Å². The topological polar surface area (TPSA) is 32.6 Å². The molecule has 1 N–H and O–H groups in total. The predicted molar refractivity (Wildman–Crippen MR) is 75.5 cm³/mol. The Labute approximate surface area is 110 Å². The second-order valence-corrected chi connectivity index (χ2v) is 5.20. The van der Waals surface area contributed by atoms with Gasteiger partial charge in [0.15, 0.2) is 0 Å². The summed E-state index contributed by atoms with van der Waals surface area (Å²) in [5.41, 5.74) is 4.78. The number of hydrogen-bond donors (Lipinski definition) is 1. The number of unbranched alkanes of at least 4 members (excludes halogenated alkanes) is 4. The Morgan fingerprint density at radius 1 is 1.11 bits per heavy atom. The lowest BCUT2D eigenvalue weighted by Gasteiger charge is -2.05. The van der Waals surface area contributed by atoms with Gasteiger partial charge in [-0.05, 0) is 36.8 Å². The Bertz CT molecular complexity index is 423. The van der Waals surface area contributed by atoms with Crippen molar-refractivity contribution in [2.75, 3.05) is 0 Å². The highest BCUT2D eigenvalue weighted by Crippen LogP contribution is 2.24.